The molecule has 1 fully saturated rings. The number of nitrogens with one attached hydrogen (secondary N) is 2. The number of aromatic nitrogens is 1. The number of nitrogens with zero attached hydrogens (tertiary/aromatic N) is 1. The second kappa shape index (κ2) is 11.3. The van der Waals surface area contributed by atoms with Crippen molar-refractivity contribution < 1.29 is 22.7 Å². The molecule has 0 bridgehead atoms. The van der Waals surface area contributed by atoms with E-state index >= 15 is 0 Å². The maximum absolute atomic E-state index is 12.3. The number of sulfonamides is 1. The van der Waals surface area contributed by atoms with Crippen molar-refractivity contribution in [1.29, 1.82) is 0 Å². The maximum Gasteiger partial charge on any atom is 0.240 e. The molecule has 3 aromatic rings. The molecule has 0 spiro atoms. The molecule has 2 aromatic carbocycles. The van der Waals surface area contributed by atoms with Crippen molar-refractivity contribution in [1.82, 2.24) is 15.0 Å². The summed E-state index contributed by atoms with van der Waals surface area (Å²) in [4.78, 5) is 16.8. The number of hydrogen-bond acceptors (Lipinski definition) is 6. The van der Waals surface area contributed by atoms with E-state index in [4.69, 9.17) is 9.47 Å². The third kappa shape index (κ3) is 7.53. The van der Waals surface area contributed by atoms with E-state index in [1.54, 1.807) is 36.5 Å². The molecule has 1 aliphatic carbocycles. The molecule has 1 aromatic heterocycles. The highest BCUT2D eigenvalue weighted by Crippen LogP contribution is 2.24. The summed E-state index contributed by atoms with van der Waals surface area (Å²) in [6.07, 6.45) is 4.24. The molecule has 1 heterocycles. The van der Waals surface area contributed by atoms with Crippen molar-refractivity contribution in [3.05, 3.63) is 78.0 Å². The van der Waals surface area contributed by atoms with Crippen molar-refractivity contribution in [3.63, 3.8) is 0 Å². The lowest BCUT2D eigenvalue weighted by molar-refractivity contribution is -0.121. The Morgan fingerprint density at radius 1 is 1.00 bits per heavy atom. The number of carbonyl (C=O) groups is 1. The van der Waals surface area contributed by atoms with Gasteiger partial charge in [0.25, 0.3) is 0 Å². The van der Waals surface area contributed by atoms with Crippen LogP contribution in [-0.2, 0) is 27.8 Å². The lowest BCUT2D eigenvalue weighted by Crippen LogP contribution is -2.25. The molecule has 0 unspecified atom stereocenters. The molecular weight excluding hydrogens is 466 g/mol. The van der Waals surface area contributed by atoms with Gasteiger partial charge in [0.2, 0.25) is 21.8 Å². The Kier molecular flexibility index (Phi) is 7.99. The number of pyridine rings is 1. The number of amides is 1. The Morgan fingerprint density at radius 2 is 1.71 bits per heavy atom. The first-order chi connectivity index (χ1) is 16.9. The Labute approximate surface area is 205 Å². The van der Waals surface area contributed by atoms with E-state index in [1.165, 1.54) is 0 Å². The molecule has 8 nitrogen and oxygen atoms in total. The molecule has 2 N–H and O–H groups in total. The summed E-state index contributed by atoms with van der Waals surface area (Å²) < 4.78 is 38.4. The van der Waals surface area contributed by atoms with Gasteiger partial charge in [0.15, 0.2) is 0 Å². The van der Waals surface area contributed by atoms with Gasteiger partial charge in [0.1, 0.15) is 11.5 Å². The van der Waals surface area contributed by atoms with Crippen LogP contribution in [0.4, 0.5) is 0 Å². The van der Waals surface area contributed by atoms with Gasteiger partial charge >= 0.3 is 0 Å². The van der Waals surface area contributed by atoms with Crippen LogP contribution in [0.1, 0.15) is 37.3 Å². The highest BCUT2D eigenvalue weighted by Gasteiger charge is 2.27. The second-order valence-electron chi connectivity index (χ2n) is 8.33. The Balaban J connectivity index is 1.23. The molecule has 0 saturated heterocycles. The Bertz CT molecular complexity index is 1240. The number of ether oxygens (including phenoxy) is 2. The van der Waals surface area contributed by atoms with Crippen LogP contribution in [0.15, 0.2) is 71.8 Å². The second-order valence-corrected chi connectivity index (χ2v) is 10.0. The minimum absolute atomic E-state index is 0.0682. The normalized spacial score (nSPS) is 13.3. The van der Waals surface area contributed by atoms with Crippen molar-refractivity contribution in [2.45, 2.75) is 50.1 Å². The summed E-state index contributed by atoms with van der Waals surface area (Å²) in [7, 11) is -3.46. The number of benzene rings is 2. The molecule has 0 radical (unpaired) electrons. The average molecular weight is 496 g/mol. The van der Waals surface area contributed by atoms with Gasteiger partial charge in [-0.2, -0.15) is 0 Å². The van der Waals surface area contributed by atoms with Crippen molar-refractivity contribution in [3.8, 4) is 17.4 Å². The van der Waals surface area contributed by atoms with E-state index in [1.807, 2.05) is 37.3 Å². The van der Waals surface area contributed by atoms with E-state index in [0.717, 1.165) is 29.7 Å². The lowest BCUT2D eigenvalue weighted by atomic mass is 10.1. The van der Waals surface area contributed by atoms with Crippen LogP contribution in [0.3, 0.4) is 0 Å². The van der Waals surface area contributed by atoms with Gasteiger partial charge in [0, 0.05) is 31.3 Å². The first-order valence-corrected chi connectivity index (χ1v) is 13.1. The van der Waals surface area contributed by atoms with E-state index in [2.05, 4.69) is 15.0 Å². The monoisotopic (exact) mass is 495 g/mol. The zero-order valence-electron chi connectivity index (χ0n) is 19.6. The molecule has 0 atom stereocenters. The first-order valence-electron chi connectivity index (χ1n) is 11.6. The van der Waals surface area contributed by atoms with Gasteiger partial charge in [-0.3, -0.25) is 4.79 Å². The van der Waals surface area contributed by atoms with Crippen LogP contribution in [0.25, 0.3) is 0 Å². The average Bonchev–Trinajstić information content (AvgIpc) is 3.67. The fourth-order valence-corrected chi connectivity index (χ4v) is 4.68. The van der Waals surface area contributed by atoms with Gasteiger partial charge in [-0.05, 0) is 79.8 Å². The highest BCUT2D eigenvalue weighted by molar-refractivity contribution is 7.89. The minimum Gasteiger partial charge on any atom is -0.494 e. The molecular formula is C26H29N3O5S. The minimum atomic E-state index is -3.46. The van der Waals surface area contributed by atoms with Gasteiger partial charge < -0.3 is 14.8 Å². The topological polar surface area (TPSA) is 107 Å². The van der Waals surface area contributed by atoms with Crippen LogP contribution in [0.5, 0.6) is 17.4 Å². The molecule has 9 heteroatoms. The van der Waals surface area contributed by atoms with Crippen molar-refractivity contribution in [2.24, 2.45) is 0 Å². The molecule has 35 heavy (non-hydrogen) atoms. The quantitative estimate of drug-likeness (QED) is 0.394. The zero-order chi connectivity index (χ0) is 24.7. The van der Waals surface area contributed by atoms with Gasteiger partial charge in [-0.25, -0.2) is 18.1 Å². The van der Waals surface area contributed by atoms with Crippen molar-refractivity contribution >= 4 is 15.9 Å². The summed E-state index contributed by atoms with van der Waals surface area (Å²) in [5.74, 6) is 1.76. The smallest absolute Gasteiger partial charge is 0.240 e. The summed E-state index contributed by atoms with van der Waals surface area (Å²) >= 11 is 0. The molecule has 1 amide bonds. The predicted molar refractivity (Wildman–Crippen MR) is 132 cm³/mol. The van der Waals surface area contributed by atoms with E-state index in [0.29, 0.717) is 37.6 Å². The largest absolute Gasteiger partial charge is 0.494 e. The molecule has 184 valence electrons. The molecule has 4 rings (SSSR count). The molecule has 1 aliphatic rings. The van der Waals surface area contributed by atoms with Gasteiger partial charge in [-0.15, -0.1) is 0 Å². The van der Waals surface area contributed by atoms with Crippen LogP contribution in [0.2, 0.25) is 0 Å². The molecule has 1 saturated carbocycles. The zero-order valence-corrected chi connectivity index (χ0v) is 20.4. The SMILES string of the molecule is CCOc1ccc(Oc2cc(CNC(=O)CCc3ccc(S(=O)(=O)NC4CC4)cc3)ccn2)cc1. The third-order valence-electron chi connectivity index (χ3n) is 5.42. The summed E-state index contributed by atoms with van der Waals surface area (Å²) in [5.41, 5.74) is 1.77. The summed E-state index contributed by atoms with van der Waals surface area (Å²) in [5, 5.41) is 2.90. The number of aryl methyl sites for hydroxylation is 1. The molecule has 0 aliphatic heterocycles. The number of carbonyl (C=O) groups excluding carboxylic acids is 1. The number of rotatable bonds is 12. The van der Waals surface area contributed by atoms with E-state index in [-0.39, 0.29) is 16.8 Å². The standard InChI is InChI=1S/C26H29N3O5S/c1-2-33-22-8-10-23(11-9-22)34-26-17-20(15-16-27-26)18-28-25(30)14-5-19-3-12-24(13-4-19)35(31,32)29-21-6-7-21/h3-4,8-13,15-17,21,29H,2,5-7,14,18H2,1H3,(H,28,30). The van der Waals surface area contributed by atoms with Crippen LogP contribution >= 0.6 is 0 Å². The number of hydrogen-bond donors (Lipinski definition) is 2. The predicted octanol–water partition coefficient (Wildman–Crippen LogP) is 3.96. The van der Waals surface area contributed by atoms with Crippen molar-refractivity contribution in [2.75, 3.05) is 6.61 Å². The summed E-state index contributed by atoms with van der Waals surface area (Å²) in [6, 6.07) is 17.6. The van der Waals surface area contributed by atoms with Gasteiger partial charge in [-0.1, -0.05) is 12.1 Å². The van der Waals surface area contributed by atoms with E-state index in [9.17, 15) is 13.2 Å². The fraction of sp³-hybridized carbons (Fsp3) is 0.308. The Morgan fingerprint density at radius 3 is 2.40 bits per heavy atom. The van der Waals surface area contributed by atoms with Crippen LogP contribution in [0, 0.1) is 0 Å². The summed E-state index contributed by atoms with van der Waals surface area (Å²) in [6.45, 7) is 2.88. The first kappa shape index (κ1) is 24.7. The third-order valence-corrected chi connectivity index (χ3v) is 6.96. The highest BCUT2D eigenvalue weighted by atomic mass is 32.2. The van der Waals surface area contributed by atoms with Crippen LogP contribution in [-0.4, -0.2) is 32.0 Å². The lowest BCUT2D eigenvalue weighted by Gasteiger charge is -2.09. The van der Waals surface area contributed by atoms with Crippen LogP contribution < -0.4 is 19.5 Å². The maximum atomic E-state index is 12.3. The fourth-order valence-electron chi connectivity index (χ4n) is 3.38. The Hall–Kier alpha value is -3.43. The van der Waals surface area contributed by atoms with E-state index < -0.39 is 10.0 Å². The van der Waals surface area contributed by atoms with Gasteiger partial charge in [0.05, 0.1) is 11.5 Å².